The van der Waals surface area contributed by atoms with E-state index >= 15 is 0 Å². The van der Waals surface area contributed by atoms with Crippen LogP contribution in [0.15, 0.2) is 24.3 Å². The molecule has 1 aromatic carbocycles. The summed E-state index contributed by atoms with van der Waals surface area (Å²) in [6.45, 7) is 3.21. The molecule has 4 atom stereocenters. The topological polar surface area (TPSA) is 65.1 Å². The van der Waals surface area contributed by atoms with E-state index in [9.17, 15) is 9.59 Å². The molecule has 30 heavy (non-hydrogen) atoms. The summed E-state index contributed by atoms with van der Waals surface area (Å²) in [5.74, 6) is 1.34. The normalized spacial score (nSPS) is 31.6. The van der Waals surface area contributed by atoms with Gasteiger partial charge in [0.25, 0.3) is 0 Å². The second-order valence-electron chi connectivity index (χ2n) is 9.11. The molecule has 1 aliphatic carbocycles. The first-order chi connectivity index (χ1) is 14.7. The maximum atomic E-state index is 13.5. The van der Waals surface area contributed by atoms with Crippen LogP contribution in [-0.2, 0) is 16.1 Å². The summed E-state index contributed by atoms with van der Waals surface area (Å²) in [6.07, 6.45) is 5.73. The van der Waals surface area contributed by atoms with Gasteiger partial charge in [-0.15, -0.1) is 0 Å². The van der Waals surface area contributed by atoms with Crippen LogP contribution in [0.3, 0.4) is 0 Å². The van der Waals surface area contributed by atoms with Crippen molar-refractivity contribution in [2.75, 3.05) is 26.7 Å². The van der Waals surface area contributed by atoms with Gasteiger partial charge < -0.3 is 14.5 Å². The van der Waals surface area contributed by atoms with E-state index in [1.165, 1.54) is 0 Å². The number of carbonyl (C=O) groups is 2. The molecule has 4 unspecified atom stereocenters. The Bertz CT molecular complexity index is 809. The molecule has 0 aromatic heterocycles. The number of rotatable bonds is 4. The van der Waals surface area contributed by atoms with Crippen LogP contribution in [0.25, 0.3) is 0 Å². The Morgan fingerprint density at radius 2 is 2.00 bits per heavy atom. The highest BCUT2D eigenvalue weighted by Gasteiger charge is 2.51. The van der Waals surface area contributed by atoms with Gasteiger partial charge in [-0.25, -0.2) is 5.01 Å². The van der Waals surface area contributed by atoms with Gasteiger partial charge >= 0.3 is 0 Å². The Morgan fingerprint density at radius 3 is 2.80 bits per heavy atom. The number of benzene rings is 1. The number of piperazine rings is 1. The number of carbonyl (C=O) groups excluding carboxylic acids is 2. The van der Waals surface area contributed by atoms with Gasteiger partial charge in [0.1, 0.15) is 11.8 Å². The molecule has 1 saturated carbocycles. The Labute approximate surface area is 178 Å². The number of hydrogen-bond donors (Lipinski definition) is 1. The lowest BCUT2D eigenvalue weighted by Gasteiger charge is -2.52. The van der Waals surface area contributed by atoms with Crippen molar-refractivity contribution in [2.45, 2.75) is 63.2 Å². The maximum Gasteiger partial charge on any atom is 0.242 e. The first-order valence-electron chi connectivity index (χ1n) is 11.4. The lowest BCUT2D eigenvalue weighted by atomic mass is 9.78. The minimum Gasteiger partial charge on any atom is -0.497 e. The SMILES string of the molecule is COc1cccc(CN2C(=O)C3CCNN3C3CCC(C(=O)N4CCCC4)CC32)c1. The summed E-state index contributed by atoms with van der Waals surface area (Å²) in [7, 11) is 1.67. The highest BCUT2D eigenvalue weighted by molar-refractivity contribution is 5.84. The predicted molar refractivity (Wildman–Crippen MR) is 113 cm³/mol. The summed E-state index contributed by atoms with van der Waals surface area (Å²) in [4.78, 5) is 30.7. The van der Waals surface area contributed by atoms with Gasteiger partial charge in [0.05, 0.1) is 7.11 Å². The zero-order chi connectivity index (χ0) is 20.7. The van der Waals surface area contributed by atoms with Crippen LogP contribution in [0.4, 0.5) is 0 Å². The van der Waals surface area contributed by atoms with Crippen molar-refractivity contribution in [2.24, 2.45) is 5.92 Å². The monoisotopic (exact) mass is 412 g/mol. The summed E-state index contributed by atoms with van der Waals surface area (Å²) in [5.41, 5.74) is 4.54. The van der Waals surface area contributed by atoms with Crippen molar-refractivity contribution < 1.29 is 14.3 Å². The molecule has 1 N–H and O–H groups in total. The third kappa shape index (κ3) is 3.48. The Balaban J connectivity index is 1.40. The van der Waals surface area contributed by atoms with Gasteiger partial charge in [0.2, 0.25) is 11.8 Å². The molecular weight excluding hydrogens is 380 g/mol. The molecule has 4 fully saturated rings. The predicted octanol–water partition coefficient (Wildman–Crippen LogP) is 1.78. The molecule has 1 aromatic rings. The fraction of sp³-hybridized carbons (Fsp3) is 0.652. The fourth-order valence-electron chi connectivity index (χ4n) is 5.90. The van der Waals surface area contributed by atoms with Crippen LogP contribution in [0.5, 0.6) is 5.75 Å². The second kappa shape index (κ2) is 8.19. The molecule has 5 rings (SSSR count). The maximum absolute atomic E-state index is 13.5. The molecule has 2 amide bonds. The number of likely N-dealkylation sites (tertiary alicyclic amines) is 1. The van der Waals surface area contributed by atoms with Gasteiger partial charge in [-0.1, -0.05) is 12.1 Å². The van der Waals surface area contributed by atoms with Crippen molar-refractivity contribution in [1.82, 2.24) is 20.2 Å². The van der Waals surface area contributed by atoms with Crippen LogP contribution in [0, 0.1) is 5.92 Å². The first kappa shape index (κ1) is 19.8. The first-order valence-corrected chi connectivity index (χ1v) is 11.4. The van der Waals surface area contributed by atoms with E-state index in [4.69, 9.17) is 4.74 Å². The van der Waals surface area contributed by atoms with Gasteiger partial charge in [0.15, 0.2) is 0 Å². The highest BCUT2D eigenvalue weighted by Crippen LogP contribution is 2.39. The van der Waals surface area contributed by atoms with E-state index < -0.39 is 0 Å². The number of hydrazine groups is 1. The minimum absolute atomic E-state index is 0.0316. The van der Waals surface area contributed by atoms with Crippen molar-refractivity contribution in [3.63, 3.8) is 0 Å². The van der Waals surface area contributed by atoms with Crippen LogP contribution >= 0.6 is 0 Å². The zero-order valence-electron chi connectivity index (χ0n) is 17.8. The Hall–Kier alpha value is -2.12. The van der Waals surface area contributed by atoms with Gasteiger partial charge in [-0.3, -0.25) is 15.0 Å². The molecule has 3 saturated heterocycles. The molecule has 4 aliphatic rings. The molecule has 3 heterocycles. The van der Waals surface area contributed by atoms with Gasteiger partial charge in [-0.2, -0.15) is 0 Å². The highest BCUT2D eigenvalue weighted by atomic mass is 16.5. The van der Waals surface area contributed by atoms with Gasteiger partial charge in [0, 0.05) is 44.2 Å². The average molecular weight is 413 g/mol. The van der Waals surface area contributed by atoms with Crippen LogP contribution in [0.1, 0.15) is 44.1 Å². The summed E-state index contributed by atoms with van der Waals surface area (Å²) in [5, 5.41) is 2.21. The largest absolute Gasteiger partial charge is 0.497 e. The molecule has 0 spiro atoms. The molecule has 0 radical (unpaired) electrons. The summed E-state index contributed by atoms with van der Waals surface area (Å²) < 4.78 is 5.38. The molecule has 3 aliphatic heterocycles. The molecule has 7 heteroatoms. The van der Waals surface area contributed by atoms with Crippen molar-refractivity contribution in [3.8, 4) is 5.75 Å². The minimum atomic E-state index is -0.0808. The zero-order valence-corrected chi connectivity index (χ0v) is 17.8. The van der Waals surface area contributed by atoms with Crippen LogP contribution in [-0.4, -0.2) is 71.5 Å². The Morgan fingerprint density at radius 1 is 1.17 bits per heavy atom. The summed E-state index contributed by atoms with van der Waals surface area (Å²) >= 11 is 0. The third-order valence-corrected chi connectivity index (χ3v) is 7.41. The quantitative estimate of drug-likeness (QED) is 0.817. The lowest BCUT2D eigenvalue weighted by molar-refractivity contribution is -0.158. The van der Waals surface area contributed by atoms with E-state index in [1.54, 1.807) is 7.11 Å². The number of ether oxygens (including phenoxy) is 1. The third-order valence-electron chi connectivity index (χ3n) is 7.41. The van der Waals surface area contributed by atoms with Crippen LogP contribution in [0.2, 0.25) is 0 Å². The smallest absolute Gasteiger partial charge is 0.242 e. The number of amides is 2. The summed E-state index contributed by atoms with van der Waals surface area (Å²) in [6, 6.07) is 8.24. The van der Waals surface area contributed by atoms with E-state index in [-0.39, 0.29) is 30.0 Å². The second-order valence-corrected chi connectivity index (χ2v) is 9.11. The number of hydrogen-bond acceptors (Lipinski definition) is 5. The number of nitrogens with zero attached hydrogens (tertiary/aromatic N) is 3. The van der Waals surface area contributed by atoms with E-state index in [1.807, 2.05) is 23.1 Å². The van der Waals surface area contributed by atoms with E-state index in [0.717, 1.165) is 69.5 Å². The van der Waals surface area contributed by atoms with Crippen LogP contribution < -0.4 is 10.2 Å². The van der Waals surface area contributed by atoms with Crippen molar-refractivity contribution in [3.05, 3.63) is 29.8 Å². The molecule has 162 valence electrons. The van der Waals surface area contributed by atoms with E-state index in [0.29, 0.717) is 12.5 Å². The number of fused-ring (bicyclic) bond motifs is 3. The van der Waals surface area contributed by atoms with Crippen molar-refractivity contribution >= 4 is 11.8 Å². The number of nitrogens with one attached hydrogen (secondary N) is 1. The molecular formula is C23H32N4O3. The van der Waals surface area contributed by atoms with E-state index in [2.05, 4.69) is 21.4 Å². The standard InChI is InChI=1S/C23H32N4O3/c1-30-18-6-4-5-16(13-18)15-26-21-14-17(22(28)25-11-2-3-12-25)7-8-19(21)27-20(23(26)29)9-10-24-27/h4-6,13,17,19-21,24H,2-3,7-12,14-15H2,1H3. The lowest BCUT2D eigenvalue weighted by Crippen LogP contribution is -2.68. The fourth-order valence-corrected chi connectivity index (χ4v) is 5.90. The number of methoxy groups -OCH3 is 1. The Kier molecular flexibility index (Phi) is 5.41. The molecule has 0 bridgehead atoms. The average Bonchev–Trinajstić information content (AvgIpc) is 3.48. The van der Waals surface area contributed by atoms with Crippen molar-refractivity contribution in [1.29, 1.82) is 0 Å². The van der Waals surface area contributed by atoms with Gasteiger partial charge in [-0.05, 0) is 56.2 Å². The molecule has 7 nitrogen and oxygen atoms in total.